The summed E-state index contributed by atoms with van der Waals surface area (Å²) in [7, 11) is 0. The zero-order chi connectivity index (χ0) is 21.4. The fourth-order valence-corrected chi connectivity index (χ4v) is 5.06. The Bertz CT molecular complexity index is 1150. The van der Waals surface area contributed by atoms with Gasteiger partial charge in [-0.1, -0.05) is 11.6 Å². The van der Waals surface area contributed by atoms with Crippen LogP contribution in [0.5, 0.6) is 0 Å². The number of benzene rings is 1. The highest BCUT2D eigenvalue weighted by Gasteiger charge is 2.25. The number of likely N-dealkylation sites (tertiary alicyclic amines) is 1. The van der Waals surface area contributed by atoms with Crippen LogP contribution in [-0.2, 0) is 11.3 Å². The van der Waals surface area contributed by atoms with Crippen molar-refractivity contribution in [3.8, 4) is 0 Å². The Balaban J connectivity index is 1.75. The molecule has 0 saturated carbocycles. The monoisotopic (exact) mass is 444 g/mol. The van der Waals surface area contributed by atoms with Gasteiger partial charge in [-0.25, -0.2) is 4.98 Å². The Morgan fingerprint density at radius 2 is 1.90 bits per heavy atom. The van der Waals surface area contributed by atoms with Gasteiger partial charge in [0.05, 0.1) is 11.9 Å². The molecule has 3 heterocycles. The highest BCUT2D eigenvalue weighted by Crippen LogP contribution is 2.28. The maximum Gasteiger partial charge on any atom is 0.263 e. The number of hydrogen-bond acceptors (Lipinski definition) is 5. The summed E-state index contributed by atoms with van der Waals surface area (Å²) in [6.07, 6.45) is 2.30. The van der Waals surface area contributed by atoms with Gasteiger partial charge in [0.15, 0.2) is 0 Å². The van der Waals surface area contributed by atoms with E-state index in [1.807, 2.05) is 13.8 Å². The fraction of sp³-hybridized carbons (Fsp3) is 0.409. The molecule has 6 nitrogen and oxygen atoms in total. The standard InChI is InChI=1S/C22H25ClN4O2S/c1-13-15(3)30-21-19(13)22(29)27(18(25-21)12-26-10-4-5-11-26)14(2)20(28)24-17-8-6-16(23)7-9-17/h6-9,14H,4-5,10-12H2,1-3H3,(H,24,28). The van der Waals surface area contributed by atoms with Crippen molar-refractivity contribution < 1.29 is 4.79 Å². The largest absolute Gasteiger partial charge is 0.324 e. The minimum atomic E-state index is -0.692. The minimum absolute atomic E-state index is 0.144. The number of rotatable bonds is 5. The summed E-state index contributed by atoms with van der Waals surface area (Å²) in [5.41, 5.74) is 1.44. The van der Waals surface area contributed by atoms with Crippen molar-refractivity contribution in [1.29, 1.82) is 0 Å². The summed E-state index contributed by atoms with van der Waals surface area (Å²) < 4.78 is 1.57. The molecule has 1 aromatic carbocycles. The molecule has 2 aromatic heterocycles. The number of nitrogens with one attached hydrogen (secondary N) is 1. The maximum absolute atomic E-state index is 13.5. The number of nitrogens with zero attached hydrogens (tertiary/aromatic N) is 3. The molecule has 0 aliphatic carbocycles. The van der Waals surface area contributed by atoms with E-state index in [0.717, 1.165) is 41.2 Å². The van der Waals surface area contributed by atoms with E-state index in [2.05, 4.69) is 10.2 Å². The van der Waals surface area contributed by atoms with Crippen molar-refractivity contribution >= 4 is 44.7 Å². The molecule has 3 aromatic rings. The van der Waals surface area contributed by atoms with Crippen molar-refractivity contribution in [2.24, 2.45) is 0 Å². The van der Waals surface area contributed by atoms with Gasteiger partial charge < -0.3 is 5.32 Å². The number of thiophene rings is 1. The second-order valence-corrected chi connectivity index (χ2v) is 9.46. The van der Waals surface area contributed by atoms with Gasteiger partial charge in [-0.3, -0.25) is 19.1 Å². The van der Waals surface area contributed by atoms with Crippen LogP contribution in [0, 0.1) is 13.8 Å². The van der Waals surface area contributed by atoms with Gasteiger partial charge in [0.2, 0.25) is 5.91 Å². The third-order valence-corrected chi connectivity index (χ3v) is 7.10. The van der Waals surface area contributed by atoms with Crippen LogP contribution in [0.1, 0.15) is 42.1 Å². The molecule has 1 aliphatic rings. The van der Waals surface area contributed by atoms with Crippen molar-refractivity contribution in [3.63, 3.8) is 0 Å². The van der Waals surface area contributed by atoms with Gasteiger partial charge in [0, 0.05) is 15.6 Å². The van der Waals surface area contributed by atoms with Crippen LogP contribution < -0.4 is 10.9 Å². The lowest BCUT2D eigenvalue weighted by molar-refractivity contribution is -0.119. The smallest absolute Gasteiger partial charge is 0.263 e. The molecular weight excluding hydrogens is 420 g/mol. The predicted molar refractivity (Wildman–Crippen MR) is 123 cm³/mol. The summed E-state index contributed by atoms with van der Waals surface area (Å²) in [5, 5.41) is 4.11. The van der Waals surface area contributed by atoms with E-state index < -0.39 is 6.04 Å². The van der Waals surface area contributed by atoms with E-state index in [4.69, 9.17) is 16.6 Å². The molecule has 1 unspecified atom stereocenters. The number of carbonyl (C=O) groups excluding carboxylic acids is 1. The number of aryl methyl sites for hydroxylation is 2. The summed E-state index contributed by atoms with van der Waals surface area (Å²) in [5.74, 6) is 0.391. The molecule has 1 atom stereocenters. The molecule has 30 heavy (non-hydrogen) atoms. The highest BCUT2D eigenvalue weighted by molar-refractivity contribution is 7.18. The van der Waals surface area contributed by atoms with Crippen LogP contribution in [0.15, 0.2) is 29.1 Å². The summed E-state index contributed by atoms with van der Waals surface area (Å²) in [4.78, 5) is 35.5. The Morgan fingerprint density at radius 1 is 1.23 bits per heavy atom. The van der Waals surface area contributed by atoms with Gasteiger partial charge in [-0.05, 0) is 76.5 Å². The van der Waals surface area contributed by atoms with E-state index in [0.29, 0.717) is 28.5 Å². The average Bonchev–Trinajstić information content (AvgIpc) is 3.31. The lowest BCUT2D eigenvalue weighted by atomic mass is 10.2. The van der Waals surface area contributed by atoms with Gasteiger partial charge in [0.1, 0.15) is 16.7 Å². The van der Waals surface area contributed by atoms with Crippen molar-refractivity contribution in [3.05, 3.63) is 55.9 Å². The molecule has 158 valence electrons. The van der Waals surface area contributed by atoms with Crippen LogP contribution in [0.2, 0.25) is 5.02 Å². The Kier molecular flexibility index (Phi) is 5.95. The molecule has 4 rings (SSSR count). The maximum atomic E-state index is 13.5. The molecule has 1 saturated heterocycles. The van der Waals surface area contributed by atoms with Gasteiger partial charge in [0.25, 0.3) is 5.56 Å². The highest BCUT2D eigenvalue weighted by atomic mass is 35.5. The predicted octanol–water partition coefficient (Wildman–Crippen LogP) is 4.52. The first-order valence-corrected chi connectivity index (χ1v) is 11.3. The van der Waals surface area contributed by atoms with Gasteiger partial charge in [-0.2, -0.15) is 0 Å². The number of carbonyl (C=O) groups is 1. The summed E-state index contributed by atoms with van der Waals surface area (Å²) >= 11 is 7.47. The average molecular weight is 445 g/mol. The van der Waals surface area contributed by atoms with Crippen molar-refractivity contribution in [2.75, 3.05) is 18.4 Å². The van der Waals surface area contributed by atoms with Crippen LogP contribution in [0.25, 0.3) is 10.2 Å². The topological polar surface area (TPSA) is 67.2 Å². The summed E-state index contributed by atoms with van der Waals surface area (Å²) in [6.45, 7) is 8.24. The minimum Gasteiger partial charge on any atom is -0.324 e. The third kappa shape index (κ3) is 4.02. The van der Waals surface area contributed by atoms with Crippen molar-refractivity contribution in [2.45, 2.75) is 46.2 Å². The molecule has 1 amide bonds. The second-order valence-electron chi connectivity index (χ2n) is 7.82. The first kappa shape index (κ1) is 21.0. The zero-order valence-electron chi connectivity index (χ0n) is 17.4. The van der Waals surface area contributed by atoms with Crippen molar-refractivity contribution in [1.82, 2.24) is 14.5 Å². The number of amides is 1. The Morgan fingerprint density at radius 3 is 2.57 bits per heavy atom. The Hall–Kier alpha value is -2.22. The van der Waals surface area contributed by atoms with Gasteiger partial charge >= 0.3 is 0 Å². The van der Waals surface area contributed by atoms with Gasteiger partial charge in [-0.15, -0.1) is 11.3 Å². The number of anilines is 1. The molecule has 0 spiro atoms. The van der Waals surface area contributed by atoms with Crippen LogP contribution >= 0.6 is 22.9 Å². The lowest BCUT2D eigenvalue weighted by Crippen LogP contribution is -2.36. The molecular formula is C22H25ClN4O2S. The normalized spacial score (nSPS) is 15.6. The number of halogens is 1. The third-order valence-electron chi connectivity index (χ3n) is 5.75. The molecule has 1 fully saturated rings. The fourth-order valence-electron chi connectivity index (χ4n) is 3.90. The van der Waals surface area contributed by atoms with E-state index in [1.165, 1.54) is 0 Å². The number of hydrogen-bond donors (Lipinski definition) is 1. The first-order chi connectivity index (χ1) is 14.3. The number of fused-ring (bicyclic) bond motifs is 1. The van der Waals surface area contributed by atoms with Crippen LogP contribution in [0.4, 0.5) is 5.69 Å². The van der Waals surface area contributed by atoms with Crippen LogP contribution in [-0.4, -0.2) is 33.4 Å². The van der Waals surface area contributed by atoms with E-state index in [-0.39, 0.29) is 11.5 Å². The quantitative estimate of drug-likeness (QED) is 0.628. The SMILES string of the molecule is Cc1sc2nc(CN3CCCC3)n(C(C)C(=O)Nc3ccc(Cl)cc3)c(=O)c2c1C. The van der Waals surface area contributed by atoms with E-state index >= 15 is 0 Å². The molecule has 0 bridgehead atoms. The van der Waals surface area contributed by atoms with E-state index in [1.54, 1.807) is 47.1 Å². The molecule has 8 heteroatoms. The summed E-state index contributed by atoms with van der Waals surface area (Å²) in [6, 6.07) is 6.24. The zero-order valence-corrected chi connectivity index (χ0v) is 18.9. The van der Waals surface area contributed by atoms with E-state index in [9.17, 15) is 9.59 Å². The number of aromatic nitrogens is 2. The molecule has 1 N–H and O–H groups in total. The first-order valence-electron chi connectivity index (χ1n) is 10.1. The Labute approximate surface area is 184 Å². The molecule has 0 radical (unpaired) electrons. The molecule has 1 aliphatic heterocycles. The second kappa shape index (κ2) is 8.49. The van der Waals surface area contributed by atoms with Crippen LogP contribution in [0.3, 0.4) is 0 Å². The lowest BCUT2D eigenvalue weighted by Gasteiger charge is -2.22.